The number of ether oxygens (including phenoxy) is 2. The Hall–Kier alpha value is -2.10. The predicted octanol–water partition coefficient (Wildman–Crippen LogP) is 2.95. The highest BCUT2D eigenvalue weighted by atomic mass is 32.2. The Morgan fingerprint density at radius 1 is 1.07 bits per heavy atom. The molecule has 2 aliphatic heterocycles. The summed E-state index contributed by atoms with van der Waals surface area (Å²) in [5.41, 5.74) is -0.371. The van der Waals surface area contributed by atoms with E-state index in [1.54, 1.807) is 0 Å². The second-order valence-corrected chi connectivity index (χ2v) is 9.38. The molecule has 2 aromatic rings. The van der Waals surface area contributed by atoms with Crippen LogP contribution in [0.2, 0.25) is 0 Å². The minimum absolute atomic E-state index is 0.0308. The smallest absolute Gasteiger partial charge is 0.189 e. The van der Waals surface area contributed by atoms with Crippen LogP contribution in [0.25, 0.3) is 0 Å². The molecule has 0 unspecified atom stereocenters. The minimum atomic E-state index is -4.32. The Kier molecular flexibility index (Phi) is 5.08. The van der Waals surface area contributed by atoms with E-state index in [9.17, 15) is 22.3 Å². The van der Waals surface area contributed by atoms with Crippen LogP contribution < -0.4 is 4.74 Å². The van der Waals surface area contributed by atoms with Crippen LogP contribution in [-0.4, -0.2) is 39.4 Å². The number of halogens is 3. The Morgan fingerprint density at radius 3 is 2.45 bits per heavy atom. The van der Waals surface area contributed by atoms with E-state index in [1.807, 2.05) is 0 Å². The summed E-state index contributed by atoms with van der Waals surface area (Å²) < 4.78 is 79.8. The Morgan fingerprint density at radius 2 is 1.76 bits per heavy atom. The van der Waals surface area contributed by atoms with Crippen molar-refractivity contribution in [3.8, 4) is 5.75 Å². The molecule has 0 saturated carbocycles. The summed E-state index contributed by atoms with van der Waals surface area (Å²) in [7, 11) is -4.32. The van der Waals surface area contributed by atoms with Crippen molar-refractivity contribution < 1.29 is 36.2 Å². The lowest BCUT2D eigenvalue weighted by Gasteiger charge is -2.50. The van der Waals surface area contributed by atoms with Gasteiger partial charge in [0.25, 0.3) is 0 Å². The third-order valence-electron chi connectivity index (χ3n) is 5.76. The van der Waals surface area contributed by atoms with Gasteiger partial charge in [0.05, 0.1) is 23.2 Å². The molecule has 0 radical (unpaired) electrons. The molecule has 4 rings (SSSR count). The largest absolute Gasteiger partial charge is 0.490 e. The van der Waals surface area contributed by atoms with Gasteiger partial charge < -0.3 is 14.6 Å². The first-order valence-corrected chi connectivity index (χ1v) is 10.6. The van der Waals surface area contributed by atoms with Crippen molar-refractivity contribution in [3.05, 3.63) is 59.4 Å². The lowest BCUT2D eigenvalue weighted by atomic mass is 9.75. The van der Waals surface area contributed by atoms with E-state index in [0.717, 1.165) is 36.4 Å². The number of rotatable bonds is 4. The monoisotopic (exact) mass is 428 g/mol. The second kappa shape index (κ2) is 7.30. The van der Waals surface area contributed by atoms with Gasteiger partial charge >= 0.3 is 0 Å². The maximum Gasteiger partial charge on any atom is 0.189 e. The fourth-order valence-corrected chi connectivity index (χ4v) is 6.81. The quantitative estimate of drug-likeness (QED) is 0.759. The molecule has 0 aromatic heterocycles. The number of fused-ring (bicyclic) bond motifs is 3. The van der Waals surface area contributed by atoms with Gasteiger partial charge in [0.2, 0.25) is 0 Å². The molecule has 2 aliphatic rings. The lowest BCUT2D eigenvalue weighted by molar-refractivity contribution is -0.0806. The summed E-state index contributed by atoms with van der Waals surface area (Å²) in [5, 5.41) is 9.39. The molecule has 29 heavy (non-hydrogen) atoms. The fourth-order valence-electron chi connectivity index (χ4n) is 4.46. The van der Waals surface area contributed by atoms with Crippen LogP contribution in [0, 0.1) is 23.4 Å². The zero-order valence-corrected chi connectivity index (χ0v) is 16.1. The third-order valence-corrected chi connectivity index (χ3v) is 8.32. The maximum absolute atomic E-state index is 15.0. The van der Waals surface area contributed by atoms with Gasteiger partial charge in [-0.25, -0.2) is 21.6 Å². The number of hydrogen-bond donors (Lipinski definition) is 1. The van der Waals surface area contributed by atoms with Crippen molar-refractivity contribution in [2.75, 3.05) is 19.8 Å². The zero-order chi connectivity index (χ0) is 20.8. The Balaban J connectivity index is 2.01. The lowest BCUT2D eigenvalue weighted by Crippen LogP contribution is -2.57. The fraction of sp³-hybridized carbons (Fsp3) is 0.400. The van der Waals surface area contributed by atoms with Gasteiger partial charge in [-0.2, -0.15) is 0 Å². The first kappa shape index (κ1) is 20.2. The normalized spacial score (nSPS) is 26.3. The van der Waals surface area contributed by atoms with Gasteiger partial charge in [0, 0.05) is 19.1 Å². The van der Waals surface area contributed by atoms with Crippen LogP contribution >= 0.6 is 0 Å². The first-order chi connectivity index (χ1) is 13.8. The molecule has 0 amide bonds. The van der Waals surface area contributed by atoms with Crippen molar-refractivity contribution in [2.45, 2.75) is 28.6 Å². The highest BCUT2D eigenvalue weighted by Gasteiger charge is 2.61. The number of aliphatic hydroxyl groups is 1. The molecule has 5 nitrogen and oxygen atoms in total. The summed E-state index contributed by atoms with van der Waals surface area (Å²) in [6.45, 7) is -0.526. The molecule has 9 heteroatoms. The maximum atomic E-state index is 15.0. The van der Waals surface area contributed by atoms with Crippen molar-refractivity contribution in [1.29, 1.82) is 0 Å². The molecule has 0 spiro atoms. The average molecular weight is 428 g/mol. The van der Waals surface area contributed by atoms with Crippen LogP contribution in [0.4, 0.5) is 13.2 Å². The molecule has 0 aliphatic carbocycles. The molecular formula is C20H19F3O5S. The van der Waals surface area contributed by atoms with Gasteiger partial charge in [-0.3, -0.25) is 0 Å². The van der Waals surface area contributed by atoms with Crippen LogP contribution in [0.1, 0.15) is 18.4 Å². The molecule has 2 aromatic carbocycles. The Labute approximate surface area is 166 Å². The molecule has 1 saturated heterocycles. The minimum Gasteiger partial charge on any atom is -0.490 e. The second-order valence-electron chi connectivity index (χ2n) is 7.17. The van der Waals surface area contributed by atoms with Gasteiger partial charge in [-0.15, -0.1) is 0 Å². The summed E-state index contributed by atoms with van der Waals surface area (Å²) in [4.78, 5) is -0.204. The topological polar surface area (TPSA) is 72.8 Å². The van der Waals surface area contributed by atoms with E-state index in [1.165, 1.54) is 0 Å². The van der Waals surface area contributed by atoms with E-state index in [-0.39, 0.29) is 43.1 Å². The number of hydrogen-bond acceptors (Lipinski definition) is 5. The summed E-state index contributed by atoms with van der Waals surface area (Å²) in [6, 6.07) is 5.99. The van der Waals surface area contributed by atoms with Crippen LogP contribution in [0.15, 0.2) is 41.3 Å². The van der Waals surface area contributed by atoms with Gasteiger partial charge in [-0.05, 0) is 49.2 Å². The van der Waals surface area contributed by atoms with Gasteiger partial charge in [0.1, 0.15) is 16.4 Å². The molecular weight excluding hydrogens is 409 g/mol. The van der Waals surface area contributed by atoms with Gasteiger partial charge in [-0.1, -0.05) is 0 Å². The molecule has 3 atom stereocenters. The standard InChI is InChI=1S/C20H19F3O5S/c21-12-1-3-13(4-2-12)29(25,26)20-8-10-27-17(7-9-24)14(20)11-28-19-16(23)6-5-15(22)18(19)20/h1-6,14,17,24H,7-11H2/t14-,17-,20-/m0/s1. The zero-order valence-electron chi connectivity index (χ0n) is 15.3. The highest BCUT2D eigenvalue weighted by Crippen LogP contribution is 2.55. The van der Waals surface area contributed by atoms with E-state index in [2.05, 4.69) is 0 Å². The van der Waals surface area contributed by atoms with E-state index in [0.29, 0.717) is 0 Å². The van der Waals surface area contributed by atoms with E-state index < -0.39 is 49.8 Å². The van der Waals surface area contributed by atoms with Crippen molar-refractivity contribution in [2.24, 2.45) is 5.92 Å². The molecule has 1 N–H and O–H groups in total. The predicted molar refractivity (Wildman–Crippen MR) is 96.7 cm³/mol. The average Bonchev–Trinajstić information content (AvgIpc) is 2.71. The van der Waals surface area contributed by atoms with E-state index >= 15 is 4.39 Å². The van der Waals surface area contributed by atoms with Crippen LogP contribution in [0.3, 0.4) is 0 Å². The number of aliphatic hydroxyl groups excluding tert-OH is 1. The molecule has 156 valence electrons. The SMILES string of the molecule is O=S(=O)(c1ccc(F)cc1)[C@@]12CCO[C@@H](CCO)[C@@H]1COc1c(F)ccc(F)c12. The van der Waals surface area contributed by atoms with E-state index in [4.69, 9.17) is 9.47 Å². The Bertz CT molecular complexity index is 1020. The van der Waals surface area contributed by atoms with Crippen molar-refractivity contribution >= 4 is 9.84 Å². The van der Waals surface area contributed by atoms with Crippen LogP contribution in [-0.2, 0) is 19.3 Å². The summed E-state index contributed by atoms with van der Waals surface area (Å²) in [5.74, 6) is -3.70. The molecule has 0 bridgehead atoms. The van der Waals surface area contributed by atoms with Crippen LogP contribution in [0.5, 0.6) is 5.75 Å². The summed E-state index contributed by atoms with van der Waals surface area (Å²) in [6.07, 6.45) is -0.753. The number of benzene rings is 2. The van der Waals surface area contributed by atoms with Crippen molar-refractivity contribution in [1.82, 2.24) is 0 Å². The number of sulfone groups is 1. The highest BCUT2D eigenvalue weighted by molar-refractivity contribution is 7.92. The molecule has 2 heterocycles. The third kappa shape index (κ3) is 2.94. The summed E-state index contributed by atoms with van der Waals surface area (Å²) >= 11 is 0. The van der Waals surface area contributed by atoms with Gasteiger partial charge in [0.15, 0.2) is 21.4 Å². The van der Waals surface area contributed by atoms with Crippen molar-refractivity contribution in [3.63, 3.8) is 0 Å². The molecule has 1 fully saturated rings. The first-order valence-electron chi connectivity index (χ1n) is 9.17.